The van der Waals surface area contributed by atoms with Gasteiger partial charge in [0.25, 0.3) is 5.91 Å². The molecule has 5 rings (SSSR count). The van der Waals surface area contributed by atoms with Crippen molar-refractivity contribution in [1.29, 1.82) is 0 Å². The van der Waals surface area contributed by atoms with Crippen LogP contribution in [-0.2, 0) is 17.6 Å². The van der Waals surface area contributed by atoms with Gasteiger partial charge < -0.3 is 14.7 Å². The van der Waals surface area contributed by atoms with E-state index in [0.29, 0.717) is 40.0 Å². The number of carbonyl (C=O) groups excluding carboxylic acids is 1. The van der Waals surface area contributed by atoms with Gasteiger partial charge in [-0.15, -0.1) is 0 Å². The topological polar surface area (TPSA) is 75.0 Å². The molecule has 212 valence electrons. The van der Waals surface area contributed by atoms with Crippen LogP contribution in [0.15, 0.2) is 53.5 Å². The molecule has 3 aromatic rings. The first-order valence-corrected chi connectivity index (χ1v) is 12.7. The highest BCUT2D eigenvalue weighted by Crippen LogP contribution is 2.41. The molecule has 40 heavy (non-hydrogen) atoms. The number of fused-ring (bicyclic) bond motifs is 3. The predicted octanol–water partition coefficient (Wildman–Crippen LogP) is 4.43. The van der Waals surface area contributed by atoms with Crippen molar-refractivity contribution in [2.45, 2.75) is 44.1 Å². The summed E-state index contributed by atoms with van der Waals surface area (Å²) in [4.78, 5) is 26.5. The van der Waals surface area contributed by atoms with E-state index in [9.17, 15) is 36.6 Å². The van der Waals surface area contributed by atoms with Crippen LogP contribution in [0.3, 0.4) is 0 Å². The molecule has 1 atom stereocenters. The van der Waals surface area contributed by atoms with E-state index in [-0.39, 0.29) is 19.4 Å². The molecule has 0 saturated carbocycles. The van der Waals surface area contributed by atoms with Gasteiger partial charge in [0.15, 0.2) is 11.4 Å². The van der Waals surface area contributed by atoms with E-state index in [0.717, 1.165) is 6.07 Å². The number of aryl methyl sites for hydroxylation is 2. The fourth-order valence-corrected chi connectivity index (χ4v) is 5.67. The van der Waals surface area contributed by atoms with Crippen LogP contribution in [0.5, 0.6) is 5.75 Å². The molecule has 1 aromatic heterocycles. The number of aromatic hydroxyl groups is 1. The summed E-state index contributed by atoms with van der Waals surface area (Å²) < 4.78 is 76.7. The fourth-order valence-electron chi connectivity index (χ4n) is 5.67. The van der Waals surface area contributed by atoms with Crippen LogP contribution in [0.25, 0.3) is 0 Å². The Hall–Kier alpha value is -3.93. The number of alkyl halides is 3. The number of carbonyl (C=O) groups is 1. The lowest BCUT2D eigenvalue weighted by Gasteiger charge is -2.50. The third-order valence-electron chi connectivity index (χ3n) is 7.32. The number of hydrogen-bond acceptors (Lipinski definition) is 5. The molecule has 0 fully saturated rings. The molecule has 2 aliphatic rings. The Balaban J connectivity index is 1.82. The molecule has 12 heteroatoms. The lowest BCUT2D eigenvalue weighted by molar-refractivity contribution is -0.147. The Kier molecular flexibility index (Phi) is 7.30. The van der Waals surface area contributed by atoms with Gasteiger partial charge in [0, 0.05) is 26.0 Å². The van der Waals surface area contributed by atoms with Gasteiger partial charge >= 0.3 is 6.18 Å². The van der Waals surface area contributed by atoms with E-state index in [4.69, 9.17) is 4.74 Å². The van der Waals surface area contributed by atoms with Gasteiger partial charge in [-0.3, -0.25) is 19.3 Å². The first kappa shape index (κ1) is 27.6. The van der Waals surface area contributed by atoms with Gasteiger partial charge in [-0.25, -0.2) is 8.78 Å². The quantitative estimate of drug-likeness (QED) is 0.355. The molecule has 1 aliphatic heterocycles. The minimum atomic E-state index is -4.81. The van der Waals surface area contributed by atoms with Crippen LogP contribution in [-0.4, -0.2) is 53.2 Å². The maximum Gasteiger partial charge on any atom is 0.406 e. The first-order valence-electron chi connectivity index (χ1n) is 12.7. The average molecular weight is 564 g/mol. The molecular formula is C28H26F5N3O4. The second-order valence-corrected chi connectivity index (χ2v) is 9.85. The van der Waals surface area contributed by atoms with Crippen LogP contribution in [0, 0.1) is 11.6 Å². The van der Waals surface area contributed by atoms with Gasteiger partial charge in [0.2, 0.25) is 5.43 Å². The fraction of sp³-hybridized carbons (Fsp3) is 0.357. The zero-order valence-corrected chi connectivity index (χ0v) is 21.4. The molecule has 0 radical (unpaired) electrons. The van der Waals surface area contributed by atoms with Crippen LogP contribution in [0.1, 0.15) is 51.6 Å². The van der Waals surface area contributed by atoms with Crippen molar-refractivity contribution in [3.8, 4) is 5.75 Å². The van der Waals surface area contributed by atoms with Crippen molar-refractivity contribution in [2.24, 2.45) is 0 Å². The third-order valence-corrected chi connectivity index (χ3v) is 7.32. The number of amides is 1. The summed E-state index contributed by atoms with van der Waals surface area (Å²) in [5.74, 6) is -3.19. The molecule has 0 saturated heterocycles. The van der Waals surface area contributed by atoms with Gasteiger partial charge in [0.1, 0.15) is 24.3 Å². The van der Waals surface area contributed by atoms with Crippen molar-refractivity contribution in [2.75, 3.05) is 25.3 Å². The SMILES string of the molecule is COCCCC1N(CC(F)(F)F)C(=O)c2c(O)c(=O)ccn2N1C1c2ccc(F)cc2CCc2cc(F)ccc21. The maximum atomic E-state index is 14.4. The molecule has 2 aromatic carbocycles. The van der Waals surface area contributed by atoms with E-state index in [1.54, 1.807) is 0 Å². The van der Waals surface area contributed by atoms with E-state index >= 15 is 0 Å². The number of rotatable bonds is 6. The van der Waals surface area contributed by atoms with Crippen LogP contribution in [0.4, 0.5) is 22.0 Å². The number of hydrogen-bond donors (Lipinski definition) is 1. The Morgan fingerprint density at radius 2 is 1.57 bits per heavy atom. The van der Waals surface area contributed by atoms with Crippen LogP contribution >= 0.6 is 0 Å². The molecule has 1 aliphatic carbocycles. The number of nitrogens with zero attached hydrogens (tertiary/aromatic N) is 3. The Labute approximate surface area is 226 Å². The standard InChI is InChI=1S/C28H26F5N3O4/c1-40-12-2-3-23-34(15-28(31,32)33)27(39)25-26(38)22(37)10-11-35(25)36(23)24-20-8-6-18(29)13-16(20)4-5-17-14-19(30)7-9-21(17)24/h6-11,13-14,23-24,38H,2-5,12,15H2,1H3. The number of aromatic nitrogens is 1. The minimum absolute atomic E-state index is 0.0194. The lowest BCUT2D eigenvalue weighted by atomic mass is 9.92. The maximum absolute atomic E-state index is 14.4. The second kappa shape index (κ2) is 10.6. The summed E-state index contributed by atoms with van der Waals surface area (Å²) in [5, 5.41) is 12.1. The summed E-state index contributed by atoms with van der Waals surface area (Å²) in [7, 11) is 1.44. The van der Waals surface area contributed by atoms with Crippen LogP contribution in [0.2, 0.25) is 0 Å². The zero-order chi connectivity index (χ0) is 28.8. The Morgan fingerprint density at radius 3 is 2.12 bits per heavy atom. The van der Waals surface area contributed by atoms with Crippen molar-refractivity contribution >= 4 is 5.91 Å². The van der Waals surface area contributed by atoms with Gasteiger partial charge in [-0.05, 0) is 72.2 Å². The smallest absolute Gasteiger partial charge is 0.406 e. The van der Waals surface area contributed by atoms with E-state index in [1.807, 2.05) is 0 Å². The molecular weight excluding hydrogens is 537 g/mol. The van der Waals surface area contributed by atoms with Gasteiger partial charge in [0.05, 0.1) is 6.04 Å². The largest absolute Gasteiger partial charge is 0.502 e. The summed E-state index contributed by atoms with van der Waals surface area (Å²) in [5.41, 5.74) is 0.626. The van der Waals surface area contributed by atoms with Gasteiger partial charge in [-0.1, -0.05) is 12.1 Å². The number of methoxy groups -OCH3 is 1. The third kappa shape index (κ3) is 5.03. The predicted molar refractivity (Wildman–Crippen MR) is 135 cm³/mol. The second-order valence-electron chi connectivity index (χ2n) is 9.85. The minimum Gasteiger partial charge on any atom is -0.502 e. The highest BCUT2D eigenvalue weighted by atomic mass is 19.4. The normalized spacial score (nSPS) is 17.4. The highest BCUT2D eigenvalue weighted by Gasteiger charge is 2.47. The molecule has 2 heterocycles. The molecule has 1 unspecified atom stereocenters. The van der Waals surface area contributed by atoms with E-state index < -0.39 is 59.3 Å². The Morgan fingerprint density at radius 1 is 0.975 bits per heavy atom. The van der Waals surface area contributed by atoms with E-state index in [1.165, 1.54) is 59.4 Å². The zero-order valence-electron chi connectivity index (χ0n) is 21.4. The highest BCUT2D eigenvalue weighted by molar-refractivity contribution is 5.96. The number of pyridine rings is 1. The van der Waals surface area contributed by atoms with Gasteiger partial charge in [-0.2, -0.15) is 13.2 Å². The summed E-state index contributed by atoms with van der Waals surface area (Å²) in [6, 6.07) is 8.23. The van der Waals surface area contributed by atoms with Crippen LogP contribution < -0.4 is 10.4 Å². The van der Waals surface area contributed by atoms with Crippen molar-refractivity contribution in [1.82, 2.24) is 9.58 Å². The molecule has 0 spiro atoms. The summed E-state index contributed by atoms with van der Waals surface area (Å²) in [6.45, 7) is -1.46. The Bertz CT molecular complexity index is 1450. The first-order chi connectivity index (χ1) is 19.0. The number of halogens is 5. The average Bonchev–Trinajstić information content (AvgIpc) is 3.04. The van der Waals surface area contributed by atoms with Crippen molar-refractivity contribution in [3.63, 3.8) is 0 Å². The van der Waals surface area contributed by atoms with Crippen molar-refractivity contribution in [3.05, 3.63) is 98.5 Å². The molecule has 1 amide bonds. The lowest BCUT2D eigenvalue weighted by Crippen LogP contribution is -2.64. The molecule has 7 nitrogen and oxygen atoms in total. The molecule has 1 N–H and O–H groups in total. The summed E-state index contributed by atoms with van der Waals surface area (Å²) in [6.07, 6.45) is -3.88. The van der Waals surface area contributed by atoms with Crippen molar-refractivity contribution < 1.29 is 36.6 Å². The number of ether oxygens (including phenoxy) is 1. The summed E-state index contributed by atoms with van der Waals surface area (Å²) >= 11 is 0. The monoisotopic (exact) mass is 563 g/mol. The van der Waals surface area contributed by atoms with E-state index in [2.05, 4.69) is 0 Å². The molecule has 0 bridgehead atoms. The number of benzene rings is 2.